The van der Waals surface area contributed by atoms with E-state index < -0.39 is 0 Å². The van der Waals surface area contributed by atoms with E-state index >= 15 is 0 Å². The van der Waals surface area contributed by atoms with Crippen molar-refractivity contribution < 1.29 is 5.21 Å². The summed E-state index contributed by atoms with van der Waals surface area (Å²) < 4.78 is 0. The first kappa shape index (κ1) is 9.96. The Morgan fingerprint density at radius 2 is 2.36 bits per heavy atom. The van der Waals surface area contributed by atoms with Crippen LogP contribution in [0.3, 0.4) is 0 Å². The summed E-state index contributed by atoms with van der Waals surface area (Å²) >= 11 is 0. The third-order valence-electron chi connectivity index (χ3n) is 1.64. The van der Waals surface area contributed by atoms with Gasteiger partial charge in [0.15, 0.2) is 0 Å². The summed E-state index contributed by atoms with van der Waals surface area (Å²) in [5.41, 5.74) is 0.770. The minimum atomic E-state index is 0.0540. The molecule has 1 atom stereocenters. The molecule has 0 saturated heterocycles. The van der Waals surface area contributed by atoms with Gasteiger partial charge in [0.05, 0.1) is 11.8 Å². The summed E-state index contributed by atoms with van der Waals surface area (Å²) in [5.74, 6) is 0.0540. The second-order valence-electron chi connectivity index (χ2n) is 2.59. The van der Waals surface area contributed by atoms with Crippen LogP contribution in [0.5, 0.6) is 0 Å². The molecule has 0 aromatic carbocycles. The third-order valence-corrected chi connectivity index (χ3v) is 1.64. The van der Waals surface area contributed by atoms with E-state index in [1.54, 1.807) is 0 Å². The first-order chi connectivity index (χ1) is 5.24. The molecule has 3 heteroatoms. The summed E-state index contributed by atoms with van der Waals surface area (Å²) in [6, 6.07) is 2.13. The van der Waals surface area contributed by atoms with Gasteiger partial charge in [-0.25, -0.2) is 0 Å². The van der Waals surface area contributed by atoms with E-state index in [4.69, 9.17) is 10.5 Å². The lowest BCUT2D eigenvalue weighted by Crippen LogP contribution is -1.99. The van der Waals surface area contributed by atoms with Gasteiger partial charge in [0.1, 0.15) is 0 Å². The monoisotopic (exact) mass is 154 g/mol. The second kappa shape index (κ2) is 5.72. The standard InChI is InChI=1S/C8H14N2O/c1-3-8(10-11)5-4-7(2)6-9/h7,11H,3-5H2,1-2H3. The van der Waals surface area contributed by atoms with Gasteiger partial charge in [0.2, 0.25) is 0 Å². The molecule has 62 valence electrons. The molecule has 0 aromatic heterocycles. The molecule has 0 aliphatic rings. The number of oxime groups is 1. The summed E-state index contributed by atoms with van der Waals surface area (Å²) in [5, 5.41) is 20.0. The van der Waals surface area contributed by atoms with Crippen LogP contribution in [0.2, 0.25) is 0 Å². The largest absolute Gasteiger partial charge is 0.411 e. The molecular weight excluding hydrogens is 140 g/mol. The van der Waals surface area contributed by atoms with Crippen molar-refractivity contribution in [3.8, 4) is 6.07 Å². The Kier molecular flexibility index (Phi) is 5.18. The van der Waals surface area contributed by atoms with Crippen molar-refractivity contribution in [3.63, 3.8) is 0 Å². The number of nitrogens with zero attached hydrogens (tertiary/aromatic N) is 2. The molecule has 0 fully saturated rings. The smallest absolute Gasteiger partial charge is 0.0652 e. The molecular formula is C8H14N2O. The first-order valence-electron chi connectivity index (χ1n) is 3.84. The molecule has 1 unspecified atom stereocenters. The Morgan fingerprint density at radius 3 is 2.73 bits per heavy atom. The number of hydrogen-bond donors (Lipinski definition) is 1. The maximum Gasteiger partial charge on any atom is 0.0652 e. The predicted octanol–water partition coefficient (Wildman–Crippen LogP) is 2.17. The summed E-state index contributed by atoms with van der Waals surface area (Å²) in [7, 11) is 0. The van der Waals surface area contributed by atoms with E-state index in [-0.39, 0.29) is 5.92 Å². The van der Waals surface area contributed by atoms with Crippen LogP contribution in [-0.4, -0.2) is 10.9 Å². The molecule has 0 bridgehead atoms. The van der Waals surface area contributed by atoms with Gasteiger partial charge in [-0.05, 0) is 26.2 Å². The van der Waals surface area contributed by atoms with Crippen molar-refractivity contribution in [1.82, 2.24) is 0 Å². The Bertz CT molecular complexity index is 169. The Balaban J connectivity index is 3.62. The topological polar surface area (TPSA) is 56.4 Å². The highest BCUT2D eigenvalue weighted by atomic mass is 16.4. The quantitative estimate of drug-likeness (QED) is 0.383. The van der Waals surface area contributed by atoms with Crippen LogP contribution in [0.4, 0.5) is 0 Å². The van der Waals surface area contributed by atoms with Gasteiger partial charge in [-0.3, -0.25) is 0 Å². The molecule has 0 aliphatic carbocycles. The SMILES string of the molecule is CCC(CCC(C)C#N)=NO. The van der Waals surface area contributed by atoms with Gasteiger partial charge in [-0.1, -0.05) is 12.1 Å². The number of nitriles is 1. The fourth-order valence-electron chi connectivity index (χ4n) is 0.745. The number of rotatable bonds is 4. The predicted molar refractivity (Wildman–Crippen MR) is 43.5 cm³/mol. The van der Waals surface area contributed by atoms with Crippen LogP contribution in [0.1, 0.15) is 33.1 Å². The van der Waals surface area contributed by atoms with Crippen molar-refractivity contribution >= 4 is 5.71 Å². The van der Waals surface area contributed by atoms with Gasteiger partial charge < -0.3 is 5.21 Å². The molecule has 0 rings (SSSR count). The lowest BCUT2D eigenvalue weighted by atomic mass is 10.0. The van der Waals surface area contributed by atoms with Gasteiger partial charge in [-0.15, -0.1) is 0 Å². The molecule has 0 aromatic rings. The van der Waals surface area contributed by atoms with E-state index in [2.05, 4.69) is 11.2 Å². The van der Waals surface area contributed by atoms with E-state index in [1.165, 1.54) is 0 Å². The van der Waals surface area contributed by atoms with Gasteiger partial charge in [0, 0.05) is 5.92 Å². The Morgan fingerprint density at radius 1 is 1.73 bits per heavy atom. The lowest BCUT2D eigenvalue weighted by molar-refractivity contribution is 0.316. The molecule has 0 spiro atoms. The summed E-state index contributed by atoms with van der Waals surface area (Å²) in [4.78, 5) is 0. The van der Waals surface area contributed by atoms with Crippen molar-refractivity contribution in [2.24, 2.45) is 11.1 Å². The third kappa shape index (κ3) is 4.38. The molecule has 0 saturated carbocycles. The normalized spacial score (nSPS) is 14.1. The van der Waals surface area contributed by atoms with Crippen molar-refractivity contribution in [2.75, 3.05) is 0 Å². The van der Waals surface area contributed by atoms with Crippen LogP contribution < -0.4 is 0 Å². The summed E-state index contributed by atoms with van der Waals surface area (Å²) in [6.07, 6.45) is 2.26. The zero-order valence-corrected chi connectivity index (χ0v) is 7.04. The second-order valence-corrected chi connectivity index (χ2v) is 2.59. The summed E-state index contributed by atoms with van der Waals surface area (Å²) in [6.45, 7) is 3.80. The molecule has 1 N–H and O–H groups in total. The minimum Gasteiger partial charge on any atom is -0.411 e. The van der Waals surface area contributed by atoms with Gasteiger partial charge >= 0.3 is 0 Å². The fraction of sp³-hybridized carbons (Fsp3) is 0.750. The van der Waals surface area contributed by atoms with Crippen molar-refractivity contribution in [3.05, 3.63) is 0 Å². The van der Waals surface area contributed by atoms with Gasteiger partial charge in [0.25, 0.3) is 0 Å². The molecule has 0 amide bonds. The molecule has 0 heterocycles. The average molecular weight is 154 g/mol. The van der Waals surface area contributed by atoms with E-state index in [9.17, 15) is 0 Å². The van der Waals surface area contributed by atoms with Crippen LogP contribution in [0.25, 0.3) is 0 Å². The zero-order chi connectivity index (χ0) is 8.69. The molecule has 3 nitrogen and oxygen atoms in total. The molecule has 0 aliphatic heterocycles. The molecule has 11 heavy (non-hydrogen) atoms. The van der Waals surface area contributed by atoms with Crippen LogP contribution in [-0.2, 0) is 0 Å². The zero-order valence-electron chi connectivity index (χ0n) is 7.04. The van der Waals surface area contributed by atoms with Crippen molar-refractivity contribution in [2.45, 2.75) is 33.1 Å². The average Bonchev–Trinajstić information content (AvgIpc) is 2.06. The maximum atomic E-state index is 8.44. The van der Waals surface area contributed by atoms with Gasteiger partial charge in [-0.2, -0.15) is 5.26 Å². The first-order valence-corrected chi connectivity index (χ1v) is 3.84. The lowest BCUT2D eigenvalue weighted by Gasteiger charge is -2.01. The Hall–Kier alpha value is -1.04. The minimum absolute atomic E-state index is 0.0540. The fourth-order valence-corrected chi connectivity index (χ4v) is 0.745. The molecule has 0 radical (unpaired) electrons. The van der Waals surface area contributed by atoms with E-state index in [0.717, 1.165) is 25.0 Å². The van der Waals surface area contributed by atoms with Crippen LogP contribution in [0.15, 0.2) is 5.16 Å². The highest BCUT2D eigenvalue weighted by Gasteiger charge is 2.02. The highest BCUT2D eigenvalue weighted by Crippen LogP contribution is 2.06. The van der Waals surface area contributed by atoms with Crippen LogP contribution in [0, 0.1) is 17.2 Å². The van der Waals surface area contributed by atoms with Crippen LogP contribution >= 0.6 is 0 Å². The Labute approximate surface area is 67.3 Å². The van der Waals surface area contributed by atoms with E-state index in [1.807, 2.05) is 13.8 Å². The highest BCUT2D eigenvalue weighted by molar-refractivity contribution is 5.83. The van der Waals surface area contributed by atoms with E-state index in [0.29, 0.717) is 0 Å². The maximum absolute atomic E-state index is 8.44. The van der Waals surface area contributed by atoms with Crippen molar-refractivity contribution in [1.29, 1.82) is 5.26 Å². The number of hydrogen-bond acceptors (Lipinski definition) is 3.